The minimum atomic E-state index is -0.855. The SMILES string of the molecule is C[N+](C)(CCOC=O)CC(=O)O. The molecule has 0 aliphatic rings. The normalized spacial score (nSPS) is 10.8. The second-order valence-electron chi connectivity index (χ2n) is 3.18. The molecule has 0 heterocycles. The Labute approximate surface area is 71.1 Å². The molecule has 0 saturated heterocycles. The van der Waals surface area contributed by atoms with Crippen LogP contribution in [0.3, 0.4) is 0 Å². The molecule has 0 fully saturated rings. The van der Waals surface area contributed by atoms with Crippen LogP contribution in [0.2, 0.25) is 0 Å². The van der Waals surface area contributed by atoms with Gasteiger partial charge in [0.15, 0.2) is 6.54 Å². The van der Waals surface area contributed by atoms with Crippen molar-refractivity contribution in [1.29, 1.82) is 0 Å². The van der Waals surface area contributed by atoms with Crippen LogP contribution >= 0.6 is 0 Å². The van der Waals surface area contributed by atoms with Gasteiger partial charge in [0.1, 0.15) is 13.2 Å². The number of rotatable bonds is 6. The van der Waals surface area contributed by atoms with Crippen molar-refractivity contribution < 1.29 is 23.9 Å². The molecule has 5 nitrogen and oxygen atoms in total. The zero-order valence-corrected chi connectivity index (χ0v) is 7.32. The fraction of sp³-hybridized carbons (Fsp3) is 0.714. The average molecular weight is 176 g/mol. The third-order valence-corrected chi connectivity index (χ3v) is 1.45. The van der Waals surface area contributed by atoms with Gasteiger partial charge in [-0.15, -0.1) is 0 Å². The number of nitrogens with zero attached hydrogens (tertiary/aromatic N) is 1. The summed E-state index contributed by atoms with van der Waals surface area (Å²) in [5.74, 6) is -0.855. The number of aliphatic carboxylic acids is 1. The minimum absolute atomic E-state index is 0.0300. The van der Waals surface area contributed by atoms with E-state index in [-0.39, 0.29) is 13.2 Å². The molecule has 0 rings (SSSR count). The van der Waals surface area contributed by atoms with E-state index in [0.29, 0.717) is 17.5 Å². The maximum Gasteiger partial charge on any atom is 0.359 e. The first-order chi connectivity index (χ1) is 5.48. The van der Waals surface area contributed by atoms with E-state index in [1.165, 1.54) is 0 Å². The second kappa shape index (κ2) is 4.71. The maximum atomic E-state index is 10.3. The van der Waals surface area contributed by atoms with Gasteiger partial charge in [-0.25, -0.2) is 4.79 Å². The first-order valence-corrected chi connectivity index (χ1v) is 3.57. The summed E-state index contributed by atoms with van der Waals surface area (Å²) in [6.07, 6.45) is 0. The lowest BCUT2D eigenvalue weighted by atomic mass is 10.4. The Morgan fingerprint density at radius 1 is 1.58 bits per heavy atom. The molecule has 1 N–H and O–H groups in total. The number of quaternary nitrogens is 1. The van der Waals surface area contributed by atoms with Crippen molar-refractivity contribution in [3.05, 3.63) is 0 Å². The highest BCUT2D eigenvalue weighted by Crippen LogP contribution is 1.95. The molecule has 0 amide bonds. The molecule has 0 saturated carbocycles. The quantitative estimate of drug-likeness (QED) is 0.331. The molecule has 0 bridgehead atoms. The van der Waals surface area contributed by atoms with E-state index < -0.39 is 5.97 Å². The van der Waals surface area contributed by atoms with E-state index >= 15 is 0 Å². The van der Waals surface area contributed by atoms with Gasteiger partial charge in [-0.2, -0.15) is 0 Å². The average Bonchev–Trinajstić information content (AvgIpc) is 1.84. The number of ether oxygens (including phenoxy) is 1. The van der Waals surface area contributed by atoms with Crippen LogP contribution in [-0.4, -0.2) is 55.8 Å². The van der Waals surface area contributed by atoms with Crippen LogP contribution in [-0.2, 0) is 14.3 Å². The van der Waals surface area contributed by atoms with E-state index in [1.54, 1.807) is 14.1 Å². The minimum Gasteiger partial charge on any atom is -0.477 e. The number of carbonyl (C=O) groups is 2. The molecule has 0 radical (unpaired) electrons. The largest absolute Gasteiger partial charge is 0.477 e. The summed E-state index contributed by atoms with van der Waals surface area (Å²) in [5.41, 5.74) is 0. The van der Waals surface area contributed by atoms with Crippen LogP contribution in [0.25, 0.3) is 0 Å². The predicted molar refractivity (Wildman–Crippen MR) is 41.5 cm³/mol. The predicted octanol–water partition coefficient (Wildman–Crippen LogP) is -0.680. The number of hydrogen-bond donors (Lipinski definition) is 1. The first kappa shape index (κ1) is 10.9. The van der Waals surface area contributed by atoms with Gasteiger partial charge in [0.25, 0.3) is 6.47 Å². The zero-order chi connectivity index (χ0) is 9.61. The summed E-state index contributed by atoms with van der Waals surface area (Å²) in [6.45, 7) is 1.15. The fourth-order valence-electron chi connectivity index (χ4n) is 0.793. The molecule has 0 aromatic carbocycles. The Kier molecular flexibility index (Phi) is 4.28. The standard InChI is InChI=1S/C7H13NO4/c1-8(2,5-7(10)11)3-4-12-6-9/h6H,3-5H2,1-2H3/p+1. The zero-order valence-electron chi connectivity index (χ0n) is 7.32. The molecule has 0 aliphatic heterocycles. The summed E-state index contributed by atoms with van der Waals surface area (Å²) in [5, 5.41) is 8.48. The lowest BCUT2D eigenvalue weighted by Crippen LogP contribution is -2.45. The lowest BCUT2D eigenvalue weighted by molar-refractivity contribution is -0.883. The smallest absolute Gasteiger partial charge is 0.359 e. The van der Waals surface area contributed by atoms with E-state index in [4.69, 9.17) is 5.11 Å². The number of likely N-dealkylation sites (N-methyl/N-ethyl adjacent to an activating group) is 1. The molecule has 0 aliphatic carbocycles. The van der Waals surface area contributed by atoms with Gasteiger partial charge >= 0.3 is 5.97 Å². The molecule has 5 heteroatoms. The van der Waals surface area contributed by atoms with Gasteiger partial charge in [-0.05, 0) is 0 Å². The third-order valence-electron chi connectivity index (χ3n) is 1.45. The summed E-state index contributed by atoms with van der Waals surface area (Å²) < 4.78 is 4.77. The van der Waals surface area contributed by atoms with E-state index in [1.807, 2.05) is 0 Å². The molecule has 70 valence electrons. The lowest BCUT2D eigenvalue weighted by Gasteiger charge is -2.26. The van der Waals surface area contributed by atoms with E-state index in [2.05, 4.69) is 4.74 Å². The Hall–Kier alpha value is -1.10. The van der Waals surface area contributed by atoms with Crippen LogP contribution in [0.5, 0.6) is 0 Å². The van der Waals surface area contributed by atoms with Crippen LogP contribution in [0.1, 0.15) is 0 Å². The Morgan fingerprint density at radius 2 is 2.17 bits per heavy atom. The molecule has 12 heavy (non-hydrogen) atoms. The second-order valence-corrected chi connectivity index (χ2v) is 3.18. The van der Waals surface area contributed by atoms with Gasteiger partial charge in [0, 0.05) is 0 Å². The fourth-order valence-corrected chi connectivity index (χ4v) is 0.793. The number of hydrogen-bond acceptors (Lipinski definition) is 3. The highest BCUT2D eigenvalue weighted by molar-refractivity contribution is 5.67. The molecule has 0 unspecified atom stereocenters. The molecular formula is C7H14NO4+. The van der Waals surface area contributed by atoms with Crippen molar-refractivity contribution >= 4 is 12.4 Å². The summed E-state index contributed by atoms with van der Waals surface area (Å²) in [6, 6.07) is 0. The first-order valence-electron chi connectivity index (χ1n) is 3.57. The summed E-state index contributed by atoms with van der Waals surface area (Å²) >= 11 is 0. The summed E-state index contributed by atoms with van der Waals surface area (Å²) in [7, 11) is 3.53. The van der Waals surface area contributed by atoms with Crippen molar-refractivity contribution in [2.75, 3.05) is 33.8 Å². The van der Waals surface area contributed by atoms with Crippen molar-refractivity contribution in [3.63, 3.8) is 0 Å². The van der Waals surface area contributed by atoms with Gasteiger partial charge in [-0.3, -0.25) is 4.79 Å². The molecule has 0 aromatic rings. The van der Waals surface area contributed by atoms with Gasteiger partial charge < -0.3 is 14.3 Å². The van der Waals surface area contributed by atoms with E-state index in [0.717, 1.165) is 0 Å². The van der Waals surface area contributed by atoms with Crippen molar-refractivity contribution in [2.45, 2.75) is 0 Å². The van der Waals surface area contributed by atoms with Crippen molar-refractivity contribution in [3.8, 4) is 0 Å². The van der Waals surface area contributed by atoms with Gasteiger partial charge in [-0.1, -0.05) is 0 Å². The highest BCUT2D eigenvalue weighted by atomic mass is 16.5. The third kappa shape index (κ3) is 5.67. The van der Waals surface area contributed by atoms with Gasteiger partial charge in [0.05, 0.1) is 14.1 Å². The van der Waals surface area contributed by atoms with Gasteiger partial charge in [0.2, 0.25) is 0 Å². The Bertz CT molecular complexity index is 167. The molecule has 0 atom stereocenters. The van der Waals surface area contributed by atoms with Crippen molar-refractivity contribution in [1.82, 2.24) is 0 Å². The Balaban J connectivity index is 3.70. The highest BCUT2D eigenvalue weighted by Gasteiger charge is 2.18. The maximum absolute atomic E-state index is 10.3. The summed E-state index contributed by atoms with van der Waals surface area (Å²) in [4.78, 5) is 20.1. The van der Waals surface area contributed by atoms with Crippen LogP contribution in [0.15, 0.2) is 0 Å². The van der Waals surface area contributed by atoms with E-state index in [9.17, 15) is 9.59 Å². The van der Waals surface area contributed by atoms with Crippen LogP contribution < -0.4 is 0 Å². The van der Waals surface area contributed by atoms with Crippen molar-refractivity contribution in [2.24, 2.45) is 0 Å². The number of carboxylic acids is 1. The topological polar surface area (TPSA) is 63.6 Å². The van der Waals surface area contributed by atoms with Crippen LogP contribution in [0.4, 0.5) is 0 Å². The molecular weight excluding hydrogens is 162 g/mol. The number of carboxylic acid groups (broad SMARTS) is 1. The monoisotopic (exact) mass is 176 g/mol. The Morgan fingerprint density at radius 3 is 2.58 bits per heavy atom. The number of carbonyl (C=O) groups excluding carboxylic acids is 1. The molecule has 0 aromatic heterocycles. The van der Waals surface area contributed by atoms with Crippen LogP contribution in [0, 0.1) is 0 Å². The molecule has 0 spiro atoms.